The van der Waals surface area contributed by atoms with Crippen LogP contribution in [0.3, 0.4) is 0 Å². The molecule has 0 spiro atoms. The summed E-state index contributed by atoms with van der Waals surface area (Å²) < 4.78 is 23.8. The minimum absolute atomic E-state index is 0.136. The van der Waals surface area contributed by atoms with Crippen molar-refractivity contribution in [3.63, 3.8) is 0 Å². The van der Waals surface area contributed by atoms with Crippen LogP contribution in [0.25, 0.3) is 0 Å². The van der Waals surface area contributed by atoms with Gasteiger partial charge in [-0.15, -0.1) is 0 Å². The van der Waals surface area contributed by atoms with Gasteiger partial charge in [0.1, 0.15) is 5.41 Å². The normalized spacial score (nSPS) is 14.4. The molecule has 2 unspecified atom stereocenters. The van der Waals surface area contributed by atoms with Gasteiger partial charge in [0, 0.05) is 6.61 Å². The first-order valence-electron chi connectivity index (χ1n) is 20.6. The maximum absolute atomic E-state index is 17.7. The summed E-state index contributed by atoms with van der Waals surface area (Å²) in [6.07, 6.45) is 22.5. The van der Waals surface area contributed by atoms with Crippen molar-refractivity contribution in [3.8, 4) is 0 Å². The molecular formula is C41H77FO7. The molecule has 0 bridgehead atoms. The summed E-state index contributed by atoms with van der Waals surface area (Å²) in [4.78, 5) is 40.3. The van der Waals surface area contributed by atoms with E-state index in [1.54, 1.807) is 0 Å². The minimum Gasteiger partial charge on any atom is -0.481 e. The quantitative estimate of drug-likeness (QED) is 0.0551. The molecule has 0 aliphatic carbocycles. The highest BCUT2D eigenvalue weighted by atomic mass is 19.1. The maximum atomic E-state index is 17.7. The molecule has 0 aromatic rings. The van der Waals surface area contributed by atoms with Crippen molar-refractivity contribution >= 4 is 17.9 Å². The molecule has 49 heavy (non-hydrogen) atoms. The van der Waals surface area contributed by atoms with Crippen molar-refractivity contribution in [2.45, 2.75) is 232 Å². The van der Waals surface area contributed by atoms with E-state index in [1.165, 1.54) is 25.7 Å². The van der Waals surface area contributed by atoms with E-state index in [0.717, 1.165) is 96.3 Å². The van der Waals surface area contributed by atoms with Crippen LogP contribution in [0.15, 0.2) is 0 Å². The number of hydrogen-bond donors (Lipinski definition) is 3. The number of hydrogen-bond acceptors (Lipinski definition) is 4. The van der Waals surface area contributed by atoms with E-state index in [0.29, 0.717) is 44.9 Å². The molecule has 0 rings (SSSR count). The average Bonchev–Trinajstić information content (AvgIpc) is 3.07. The predicted octanol–water partition coefficient (Wildman–Crippen LogP) is 12.5. The highest BCUT2D eigenvalue weighted by molar-refractivity contribution is 5.97. The Balaban J connectivity index is 6.57. The van der Waals surface area contributed by atoms with Crippen LogP contribution in [0.2, 0.25) is 0 Å². The van der Waals surface area contributed by atoms with Crippen LogP contribution in [-0.4, -0.2) is 51.1 Å². The van der Waals surface area contributed by atoms with Gasteiger partial charge in [0.05, 0.1) is 0 Å². The van der Waals surface area contributed by atoms with Gasteiger partial charge < -0.3 is 20.1 Å². The van der Waals surface area contributed by atoms with Crippen molar-refractivity contribution in [3.05, 3.63) is 0 Å². The summed E-state index contributed by atoms with van der Waals surface area (Å²) in [7, 11) is 0. The third kappa shape index (κ3) is 16.5. The van der Waals surface area contributed by atoms with Crippen LogP contribution >= 0.6 is 0 Å². The Labute approximate surface area is 299 Å². The molecule has 290 valence electrons. The smallest absolute Gasteiger partial charge is 0.345 e. The first kappa shape index (κ1) is 47.3. The largest absolute Gasteiger partial charge is 0.481 e. The number of alkyl halides is 1. The minimum atomic E-state index is -3.41. The lowest BCUT2D eigenvalue weighted by Gasteiger charge is -2.50. The van der Waals surface area contributed by atoms with Gasteiger partial charge in [0.15, 0.2) is 0 Å². The number of ether oxygens (including phenoxy) is 1. The molecule has 0 saturated carbocycles. The van der Waals surface area contributed by atoms with Crippen LogP contribution in [0.5, 0.6) is 0 Å². The summed E-state index contributed by atoms with van der Waals surface area (Å²) in [5, 5.41) is 32.7. The summed E-state index contributed by atoms with van der Waals surface area (Å²) >= 11 is 0. The van der Waals surface area contributed by atoms with Gasteiger partial charge in [0.25, 0.3) is 0 Å². The number of rotatable bonds is 37. The number of carboxylic acids is 3. The van der Waals surface area contributed by atoms with Crippen molar-refractivity contribution in [2.24, 2.45) is 5.41 Å². The molecular weight excluding hydrogens is 623 g/mol. The van der Waals surface area contributed by atoms with Gasteiger partial charge in [-0.05, 0) is 32.1 Å². The van der Waals surface area contributed by atoms with E-state index in [1.807, 2.05) is 0 Å². The van der Waals surface area contributed by atoms with E-state index in [4.69, 9.17) is 4.74 Å². The lowest BCUT2D eigenvalue weighted by molar-refractivity contribution is -0.243. The fourth-order valence-corrected chi connectivity index (χ4v) is 7.54. The number of carbonyl (C=O) groups is 3. The van der Waals surface area contributed by atoms with Crippen molar-refractivity contribution < 1.29 is 38.8 Å². The molecule has 0 aliphatic heterocycles. The second-order valence-corrected chi connectivity index (χ2v) is 14.7. The van der Waals surface area contributed by atoms with Crippen LogP contribution in [0.4, 0.5) is 4.39 Å². The van der Waals surface area contributed by atoms with E-state index in [9.17, 15) is 29.7 Å². The highest BCUT2D eigenvalue weighted by Gasteiger charge is 2.75. The van der Waals surface area contributed by atoms with Crippen LogP contribution in [0.1, 0.15) is 220 Å². The molecule has 7 nitrogen and oxygen atoms in total. The van der Waals surface area contributed by atoms with Crippen molar-refractivity contribution in [1.29, 1.82) is 0 Å². The number of halogens is 1. The summed E-state index contributed by atoms with van der Waals surface area (Å²) in [5.74, 6) is -5.21. The fourth-order valence-electron chi connectivity index (χ4n) is 7.54. The van der Waals surface area contributed by atoms with Gasteiger partial charge in [0.2, 0.25) is 11.3 Å². The van der Waals surface area contributed by atoms with Crippen molar-refractivity contribution in [1.82, 2.24) is 0 Å². The molecule has 0 amide bonds. The van der Waals surface area contributed by atoms with Crippen LogP contribution in [-0.2, 0) is 19.1 Å². The Bertz CT molecular complexity index is 834. The van der Waals surface area contributed by atoms with Gasteiger partial charge >= 0.3 is 17.9 Å². The summed E-state index contributed by atoms with van der Waals surface area (Å²) in [5.41, 5.74) is -8.71. The molecule has 8 heteroatoms. The Kier molecular flexibility index (Phi) is 27.9. The van der Waals surface area contributed by atoms with E-state index in [-0.39, 0.29) is 25.9 Å². The molecule has 0 radical (unpaired) electrons. The number of unbranched alkanes of at least 4 members (excludes halogenated alkanes) is 23. The summed E-state index contributed by atoms with van der Waals surface area (Å²) in [6.45, 7) is 8.28. The topological polar surface area (TPSA) is 121 Å². The number of aliphatic carboxylic acids is 3. The zero-order valence-corrected chi connectivity index (χ0v) is 32.3. The SMILES string of the molecule is CCCCCCCCCCCCC(F)(C(=O)O)C(OCCCCCCC)(C(=O)O)C(CCCCCCCC)(CCCCCCCC)C(=O)O. The van der Waals surface area contributed by atoms with Gasteiger partial charge in [-0.1, -0.05) is 188 Å². The fraction of sp³-hybridized carbons (Fsp3) is 0.927. The van der Waals surface area contributed by atoms with Crippen LogP contribution < -0.4 is 0 Å². The van der Waals surface area contributed by atoms with Gasteiger partial charge in [-0.3, -0.25) is 4.79 Å². The van der Waals surface area contributed by atoms with E-state index >= 15 is 4.39 Å². The predicted molar refractivity (Wildman–Crippen MR) is 199 cm³/mol. The monoisotopic (exact) mass is 701 g/mol. The standard InChI is InChI=1S/C41H77FO7/c1-5-9-13-17-20-21-22-23-26-30-34-40(42,37(45)46)41(38(47)48,49-35-31-27-16-12-8-4)39(36(43)44,32-28-24-18-14-10-6-2)33-29-25-19-15-11-7-3/h5-35H2,1-4H3,(H,43,44)(H,45,46)(H,47,48). The average molecular weight is 701 g/mol. The second kappa shape index (κ2) is 28.9. The first-order valence-corrected chi connectivity index (χ1v) is 20.6. The zero-order chi connectivity index (χ0) is 36.9. The first-order chi connectivity index (χ1) is 23.6. The van der Waals surface area contributed by atoms with Crippen molar-refractivity contribution in [2.75, 3.05) is 6.61 Å². The lowest BCUT2D eigenvalue weighted by Crippen LogP contribution is -2.73. The molecule has 0 aromatic heterocycles. The number of carboxylic acid groups (broad SMARTS) is 3. The van der Waals surface area contributed by atoms with E-state index < -0.39 is 41.0 Å². The molecule has 0 aromatic carbocycles. The zero-order valence-electron chi connectivity index (χ0n) is 32.3. The molecule has 0 aliphatic rings. The Morgan fingerprint density at radius 2 is 0.735 bits per heavy atom. The molecule has 2 atom stereocenters. The van der Waals surface area contributed by atoms with Gasteiger partial charge in [-0.2, -0.15) is 0 Å². The third-order valence-corrected chi connectivity index (χ3v) is 10.6. The Morgan fingerprint density at radius 3 is 1.04 bits per heavy atom. The third-order valence-electron chi connectivity index (χ3n) is 10.6. The maximum Gasteiger partial charge on any atom is 0.345 e. The molecule has 0 heterocycles. The molecule has 0 fully saturated rings. The van der Waals surface area contributed by atoms with Crippen LogP contribution in [0, 0.1) is 5.41 Å². The highest BCUT2D eigenvalue weighted by Crippen LogP contribution is 2.54. The van der Waals surface area contributed by atoms with Gasteiger partial charge in [-0.25, -0.2) is 14.0 Å². The van der Waals surface area contributed by atoms with E-state index in [2.05, 4.69) is 27.7 Å². The second-order valence-electron chi connectivity index (χ2n) is 14.7. The Hall–Kier alpha value is -1.70. The molecule has 3 N–H and O–H groups in total. The summed E-state index contributed by atoms with van der Waals surface area (Å²) in [6, 6.07) is 0. The molecule has 0 saturated heterocycles. The lowest BCUT2D eigenvalue weighted by atomic mass is 9.58. The Morgan fingerprint density at radius 1 is 0.429 bits per heavy atom.